The highest BCUT2D eigenvalue weighted by Crippen LogP contribution is 2.59. The van der Waals surface area contributed by atoms with Crippen LogP contribution in [-0.4, -0.2) is 44.6 Å². The lowest BCUT2D eigenvalue weighted by atomic mass is 9.67. The van der Waals surface area contributed by atoms with Gasteiger partial charge in [-0.05, 0) is 36.9 Å². The Labute approximate surface area is 160 Å². The molecule has 0 aromatic carbocycles. The van der Waals surface area contributed by atoms with Gasteiger partial charge in [-0.2, -0.15) is 0 Å². The standard InChI is InChI=1S/C21H36O4Si/c1-7-8-15(25-26(5,6)20(2,3)4)9-10-16-17-14-21(23-11-12-24-21)18(17)13-19(16)22/h15-19,22H,7-8,11-14H2,1-6H3. The molecule has 5 heteroatoms. The van der Waals surface area contributed by atoms with Gasteiger partial charge in [-0.25, -0.2) is 0 Å². The SMILES string of the molecule is CCCC(C#CC1C(O)CC2C1CC21OCCO1)O[Si](C)(C)C(C)(C)C. The number of hydrogen-bond donors (Lipinski definition) is 1. The fourth-order valence-corrected chi connectivity index (χ4v) is 5.60. The second-order valence-electron chi connectivity index (χ2n) is 9.76. The normalized spacial score (nSPS) is 34.1. The Bertz CT molecular complexity index is 565. The minimum atomic E-state index is -1.85. The molecule has 1 heterocycles. The largest absolute Gasteiger partial charge is 0.403 e. The molecule has 1 spiro atoms. The van der Waals surface area contributed by atoms with Crippen LogP contribution >= 0.6 is 0 Å². The highest BCUT2D eigenvalue weighted by Gasteiger charge is 2.64. The smallest absolute Gasteiger partial charge is 0.193 e. The second kappa shape index (κ2) is 7.22. The van der Waals surface area contributed by atoms with E-state index in [2.05, 4.69) is 52.6 Å². The zero-order chi connectivity index (χ0) is 19.2. The summed E-state index contributed by atoms with van der Waals surface area (Å²) in [4.78, 5) is 0. The van der Waals surface area contributed by atoms with Gasteiger partial charge >= 0.3 is 0 Å². The van der Waals surface area contributed by atoms with E-state index >= 15 is 0 Å². The molecule has 4 nitrogen and oxygen atoms in total. The third-order valence-electron chi connectivity index (χ3n) is 6.95. The molecule has 148 valence electrons. The molecule has 3 rings (SSSR count). The van der Waals surface area contributed by atoms with E-state index in [9.17, 15) is 5.11 Å². The van der Waals surface area contributed by atoms with Crippen molar-refractivity contribution in [1.29, 1.82) is 0 Å². The first kappa shape index (κ1) is 20.4. The van der Waals surface area contributed by atoms with Crippen molar-refractivity contribution >= 4 is 8.32 Å². The summed E-state index contributed by atoms with van der Waals surface area (Å²) < 4.78 is 18.3. The van der Waals surface area contributed by atoms with Crippen LogP contribution < -0.4 is 0 Å². The molecule has 26 heavy (non-hydrogen) atoms. The minimum Gasteiger partial charge on any atom is -0.403 e. The van der Waals surface area contributed by atoms with Crippen molar-refractivity contribution in [2.45, 2.75) is 89.5 Å². The first-order valence-corrected chi connectivity index (χ1v) is 13.2. The van der Waals surface area contributed by atoms with Gasteiger partial charge in [0.05, 0.1) is 19.3 Å². The number of aliphatic hydroxyl groups excluding tert-OH is 1. The Morgan fingerprint density at radius 1 is 1.27 bits per heavy atom. The van der Waals surface area contributed by atoms with Gasteiger partial charge in [0.25, 0.3) is 0 Å². The van der Waals surface area contributed by atoms with Crippen molar-refractivity contribution in [2.24, 2.45) is 17.8 Å². The Morgan fingerprint density at radius 2 is 1.92 bits per heavy atom. The fraction of sp³-hybridized carbons (Fsp3) is 0.905. The van der Waals surface area contributed by atoms with Crippen LogP contribution in [0.3, 0.4) is 0 Å². The number of ether oxygens (including phenoxy) is 2. The monoisotopic (exact) mass is 380 g/mol. The van der Waals surface area contributed by atoms with Gasteiger partial charge in [0.2, 0.25) is 0 Å². The van der Waals surface area contributed by atoms with Crippen molar-refractivity contribution in [3.63, 3.8) is 0 Å². The number of rotatable bonds is 4. The van der Waals surface area contributed by atoms with E-state index < -0.39 is 14.1 Å². The number of fused-ring (bicyclic) bond motifs is 2. The van der Waals surface area contributed by atoms with E-state index in [4.69, 9.17) is 13.9 Å². The first-order valence-electron chi connectivity index (χ1n) is 10.2. The molecule has 0 aromatic rings. The zero-order valence-corrected chi connectivity index (χ0v) is 18.3. The van der Waals surface area contributed by atoms with Crippen LogP contribution in [0.2, 0.25) is 18.1 Å². The van der Waals surface area contributed by atoms with Crippen LogP contribution in [0.5, 0.6) is 0 Å². The highest BCUT2D eigenvalue weighted by atomic mass is 28.4. The van der Waals surface area contributed by atoms with Gasteiger partial charge < -0.3 is 19.0 Å². The molecular formula is C21H36O4Si. The molecule has 5 unspecified atom stereocenters. The Kier molecular flexibility index (Phi) is 5.65. The molecule has 0 bridgehead atoms. The average molecular weight is 381 g/mol. The van der Waals surface area contributed by atoms with Gasteiger partial charge in [-0.15, -0.1) is 0 Å². The summed E-state index contributed by atoms with van der Waals surface area (Å²) in [6, 6.07) is 0. The zero-order valence-electron chi connectivity index (χ0n) is 17.3. The van der Waals surface area contributed by atoms with Crippen LogP contribution in [0.25, 0.3) is 0 Å². The van der Waals surface area contributed by atoms with Crippen LogP contribution in [0.4, 0.5) is 0 Å². The molecule has 5 atom stereocenters. The summed E-state index contributed by atoms with van der Waals surface area (Å²) in [6.45, 7) is 14.9. The molecule has 0 radical (unpaired) electrons. The molecule has 3 aliphatic rings. The lowest BCUT2D eigenvalue weighted by Crippen LogP contribution is -2.53. The summed E-state index contributed by atoms with van der Waals surface area (Å²) in [6.07, 6.45) is 3.21. The number of hydrogen-bond acceptors (Lipinski definition) is 4. The van der Waals surface area contributed by atoms with E-state index in [1.54, 1.807) is 0 Å². The molecule has 1 N–H and O–H groups in total. The molecule has 1 aliphatic heterocycles. The Morgan fingerprint density at radius 3 is 2.50 bits per heavy atom. The summed E-state index contributed by atoms with van der Waals surface area (Å²) >= 11 is 0. The average Bonchev–Trinajstić information content (AvgIpc) is 3.10. The molecular weight excluding hydrogens is 344 g/mol. The topological polar surface area (TPSA) is 47.9 Å². The van der Waals surface area contributed by atoms with E-state index in [0.29, 0.717) is 25.0 Å². The Balaban J connectivity index is 1.68. The van der Waals surface area contributed by atoms with Crippen molar-refractivity contribution in [3.8, 4) is 11.8 Å². The van der Waals surface area contributed by atoms with E-state index in [-0.39, 0.29) is 23.2 Å². The summed E-state index contributed by atoms with van der Waals surface area (Å²) in [5, 5.41) is 10.7. The predicted octanol–water partition coefficient (Wildman–Crippen LogP) is 3.94. The molecule has 3 fully saturated rings. The van der Waals surface area contributed by atoms with Crippen molar-refractivity contribution in [1.82, 2.24) is 0 Å². The number of aliphatic hydroxyl groups is 1. The maximum absolute atomic E-state index is 10.6. The van der Waals surface area contributed by atoms with Crippen molar-refractivity contribution in [2.75, 3.05) is 13.2 Å². The molecule has 1 saturated heterocycles. The van der Waals surface area contributed by atoms with Gasteiger partial charge in [-0.3, -0.25) is 0 Å². The van der Waals surface area contributed by atoms with E-state index in [0.717, 1.165) is 25.7 Å². The predicted molar refractivity (Wildman–Crippen MR) is 105 cm³/mol. The van der Waals surface area contributed by atoms with E-state index in [1.807, 2.05) is 0 Å². The lowest BCUT2D eigenvalue weighted by molar-refractivity contribution is -0.270. The fourth-order valence-electron chi connectivity index (χ4n) is 4.36. The third kappa shape index (κ3) is 3.64. The summed E-state index contributed by atoms with van der Waals surface area (Å²) in [5.74, 6) is 7.13. The van der Waals surface area contributed by atoms with Gasteiger partial charge in [-0.1, -0.05) is 46.0 Å². The van der Waals surface area contributed by atoms with Gasteiger partial charge in [0.1, 0.15) is 6.10 Å². The first-order chi connectivity index (χ1) is 12.1. The summed E-state index contributed by atoms with van der Waals surface area (Å²) in [5.41, 5.74) is 0. The van der Waals surface area contributed by atoms with Gasteiger partial charge in [0.15, 0.2) is 14.1 Å². The third-order valence-corrected chi connectivity index (χ3v) is 11.4. The molecule has 2 saturated carbocycles. The minimum absolute atomic E-state index is 0.0276. The maximum Gasteiger partial charge on any atom is 0.193 e. The molecule has 2 aliphatic carbocycles. The van der Waals surface area contributed by atoms with Crippen molar-refractivity contribution < 1.29 is 19.0 Å². The Hall–Kier alpha value is -0.383. The second-order valence-corrected chi connectivity index (χ2v) is 14.5. The van der Waals surface area contributed by atoms with E-state index in [1.165, 1.54) is 0 Å². The quantitative estimate of drug-likeness (QED) is 0.593. The lowest BCUT2D eigenvalue weighted by Gasteiger charge is -2.48. The highest BCUT2D eigenvalue weighted by molar-refractivity contribution is 6.74. The molecule has 0 amide bonds. The summed E-state index contributed by atoms with van der Waals surface area (Å²) in [7, 11) is -1.85. The van der Waals surface area contributed by atoms with Gasteiger partial charge in [0, 0.05) is 18.3 Å². The maximum atomic E-state index is 10.6. The molecule has 0 aromatic heterocycles. The van der Waals surface area contributed by atoms with Crippen LogP contribution in [0, 0.1) is 29.6 Å². The van der Waals surface area contributed by atoms with Crippen LogP contribution in [0.15, 0.2) is 0 Å². The van der Waals surface area contributed by atoms with Crippen molar-refractivity contribution in [3.05, 3.63) is 0 Å². The van der Waals surface area contributed by atoms with Crippen LogP contribution in [-0.2, 0) is 13.9 Å². The van der Waals surface area contributed by atoms with Crippen LogP contribution in [0.1, 0.15) is 53.4 Å².